The Hall–Kier alpha value is -2.44. The molecule has 7 heteroatoms. The van der Waals surface area contributed by atoms with E-state index in [0.29, 0.717) is 0 Å². The lowest BCUT2D eigenvalue weighted by atomic mass is 10.1. The van der Waals surface area contributed by atoms with Crippen LogP contribution in [0.5, 0.6) is 0 Å². The quantitative estimate of drug-likeness (QED) is 0.681. The largest absolute Gasteiger partial charge is 0.466 e. The first-order chi connectivity index (χ1) is 9.04. The molecule has 0 aliphatic rings. The molecule has 2 amide bonds. The molecule has 1 aromatic rings. The van der Waals surface area contributed by atoms with Gasteiger partial charge in [-0.15, -0.1) is 0 Å². The molecule has 0 saturated carbocycles. The fourth-order valence-electron chi connectivity index (χ4n) is 1.35. The van der Waals surface area contributed by atoms with E-state index in [9.17, 15) is 14.4 Å². The van der Waals surface area contributed by atoms with Gasteiger partial charge >= 0.3 is 5.97 Å². The molecular weight excluding hydrogens is 250 g/mol. The van der Waals surface area contributed by atoms with Crippen LogP contribution in [0.25, 0.3) is 0 Å². The van der Waals surface area contributed by atoms with E-state index in [2.05, 4.69) is 10.3 Å². The molecule has 7 nitrogen and oxygen atoms in total. The molecule has 3 N–H and O–H groups in total. The van der Waals surface area contributed by atoms with E-state index in [1.54, 1.807) is 13.0 Å². The van der Waals surface area contributed by atoms with Crippen LogP contribution in [0.2, 0.25) is 0 Å². The summed E-state index contributed by atoms with van der Waals surface area (Å²) in [5.41, 5.74) is 5.41. The van der Waals surface area contributed by atoms with Crippen molar-refractivity contribution in [3.8, 4) is 0 Å². The minimum atomic E-state index is -1.10. The van der Waals surface area contributed by atoms with Gasteiger partial charge in [-0.3, -0.25) is 19.4 Å². The van der Waals surface area contributed by atoms with Gasteiger partial charge in [0, 0.05) is 12.4 Å². The summed E-state index contributed by atoms with van der Waals surface area (Å²) in [6.45, 7) is 1.84. The highest BCUT2D eigenvalue weighted by molar-refractivity contribution is 5.98. The zero-order chi connectivity index (χ0) is 14.3. The van der Waals surface area contributed by atoms with Crippen molar-refractivity contribution in [1.82, 2.24) is 10.3 Å². The van der Waals surface area contributed by atoms with Crippen LogP contribution in [0.1, 0.15) is 23.7 Å². The van der Waals surface area contributed by atoms with Gasteiger partial charge in [0.15, 0.2) is 0 Å². The molecule has 0 aromatic carbocycles. The number of esters is 1. The Labute approximate surface area is 110 Å². The van der Waals surface area contributed by atoms with Gasteiger partial charge in [-0.1, -0.05) is 0 Å². The first-order valence-electron chi connectivity index (χ1n) is 5.70. The third-order valence-corrected chi connectivity index (χ3v) is 2.25. The summed E-state index contributed by atoms with van der Waals surface area (Å²) in [5.74, 6) is -1.93. The molecule has 0 bridgehead atoms. The second kappa shape index (κ2) is 7.10. The van der Waals surface area contributed by atoms with Crippen molar-refractivity contribution in [2.24, 2.45) is 5.73 Å². The van der Waals surface area contributed by atoms with Gasteiger partial charge in [-0.2, -0.15) is 0 Å². The summed E-state index contributed by atoms with van der Waals surface area (Å²) in [7, 11) is 0. The summed E-state index contributed by atoms with van der Waals surface area (Å²) in [4.78, 5) is 38.0. The fourth-order valence-corrected chi connectivity index (χ4v) is 1.35. The van der Waals surface area contributed by atoms with Crippen molar-refractivity contribution in [3.05, 3.63) is 30.1 Å². The molecule has 0 radical (unpaired) electrons. The highest BCUT2D eigenvalue weighted by atomic mass is 16.5. The van der Waals surface area contributed by atoms with E-state index in [4.69, 9.17) is 10.5 Å². The second-order valence-corrected chi connectivity index (χ2v) is 3.68. The van der Waals surface area contributed by atoms with Crippen LogP contribution < -0.4 is 11.1 Å². The lowest BCUT2D eigenvalue weighted by molar-refractivity contribution is -0.145. The Morgan fingerprint density at radius 3 is 2.74 bits per heavy atom. The van der Waals surface area contributed by atoms with E-state index in [1.165, 1.54) is 18.5 Å². The van der Waals surface area contributed by atoms with Gasteiger partial charge in [0.25, 0.3) is 5.91 Å². The SMILES string of the molecule is CCOC(=O)C[C@@H](NC(=O)c1cccnc1)C(N)=O. The Morgan fingerprint density at radius 2 is 2.21 bits per heavy atom. The predicted octanol–water partition coefficient (Wildman–Crippen LogP) is -0.381. The van der Waals surface area contributed by atoms with Gasteiger partial charge < -0.3 is 15.8 Å². The van der Waals surface area contributed by atoms with Crippen LogP contribution in [-0.2, 0) is 14.3 Å². The Balaban J connectivity index is 2.66. The molecule has 0 aliphatic carbocycles. The molecule has 102 valence electrons. The Morgan fingerprint density at radius 1 is 1.47 bits per heavy atom. The summed E-state index contributed by atoms with van der Waals surface area (Å²) in [6.07, 6.45) is 2.56. The second-order valence-electron chi connectivity index (χ2n) is 3.68. The molecule has 1 aromatic heterocycles. The smallest absolute Gasteiger partial charge is 0.308 e. The van der Waals surface area contributed by atoms with Gasteiger partial charge in [0.2, 0.25) is 5.91 Å². The molecule has 1 rings (SSSR count). The van der Waals surface area contributed by atoms with Gasteiger partial charge in [-0.25, -0.2) is 0 Å². The maximum atomic E-state index is 11.8. The number of rotatable bonds is 6. The highest BCUT2D eigenvalue weighted by Gasteiger charge is 2.22. The third-order valence-electron chi connectivity index (χ3n) is 2.25. The fraction of sp³-hybridized carbons (Fsp3) is 0.333. The van der Waals surface area contributed by atoms with E-state index in [1.807, 2.05) is 0 Å². The van der Waals surface area contributed by atoms with Crippen LogP contribution in [-0.4, -0.2) is 35.4 Å². The molecular formula is C12H15N3O4. The number of nitrogens with two attached hydrogens (primary N) is 1. The van der Waals surface area contributed by atoms with Crippen molar-refractivity contribution < 1.29 is 19.1 Å². The summed E-state index contributed by atoms with van der Waals surface area (Å²) >= 11 is 0. The minimum absolute atomic E-state index is 0.195. The predicted molar refractivity (Wildman–Crippen MR) is 65.9 cm³/mol. The first-order valence-corrected chi connectivity index (χ1v) is 5.70. The van der Waals surface area contributed by atoms with E-state index < -0.39 is 23.8 Å². The van der Waals surface area contributed by atoms with Gasteiger partial charge in [-0.05, 0) is 19.1 Å². The lowest BCUT2D eigenvalue weighted by Gasteiger charge is -2.14. The number of hydrogen-bond acceptors (Lipinski definition) is 5. The van der Waals surface area contributed by atoms with Crippen molar-refractivity contribution in [2.45, 2.75) is 19.4 Å². The number of carbonyl (C=O) groups excluding carboxylic acids is 3. The normalized spacial score (nSPS) is 11.4. The van der Waals surface area contributed by atoms with E-state index >= 15 is 0 Å². The maximum Gasteiger partial charge on any atom is 0.308 e. The zero-order valence-electron chi connectivity index (χ0n) is 10.5. The van der Waals surface area contributed by atoms with Crippen molar-refractivity contribution >= 4 is 17.8 Å². The Bertz CT molecular complexity index is 461. The zero-order valence-corrected chi connectivity index (χ0v) is 10.5. The molecule has 0 spiro atoms. The molecule has 0 fully saturated rings. The molecule has 0 aliphatic heterocycles. The third kappa shape index (κ3) is 4.74. The number of carbonyl (C=O) groups is 3. The van der Waals surface area contributed by atoms with Crippen molar-refractivity contribution in [1.29, 1.82) is 0 Å². The number of ether oxygens (including phenoxy) is 1. The standard InChI is InChI=1S/C12H15N3O4/c1-2-19-10(16)6-9(11(13)17)15-12(18)8-4-3-5-14-7-8/h3-5,7,9H,2,6H2,1H3,(H2,13,17)(H,15,18)/t9-/m1/s1. The lowest BCUT2D eigenvalue weighted by Crippen LogP contribution is -2.45. The highest BCUT2D eigenvalue weighted by Crippen LogP contribution is 2.00. The number of nitrogens with one attached hydrogen (secondary N) is 1. The monoisotopic (exact) mass is 265 g/mol. The number of hydrogen-bond donors (Lipinski definition) is 2. The number of primary amides is 1. The van der Waals surface area contributed by atoms with Crippen LogP contribution in [0, 0.1) is 0 Å². The number of nitrogens with zero attached hydrogens (tertiary/aromatic N) is 1. The van der Waals surface area contributed by atoms with Crippen molar-refractivity contribution in [3.63, 3.8) is 0 Å². The van der Waals surface area contributed by atoms with Crippen LogP contribution in [0.3, 0.4) is 0 Å². The van der Waals surface area contributed by atoms with Crippen LogP contribution in [0.15, 0.2) is 24.5 Å². The van der Waals surface area contributed by atoms with Gasteiger partial charge in [0.05, 0.1) is 18.6 Å². The number of pyridine rings is 1. The van der Waals surface area contributed by atoms with Crippen molar-refractivity contribution in [2.75, 3.05) is 6.61 Å². The van der Waals surface area contributed by atoms with E-state index in [0.717, 1.165) is 0 Å². The summed E-state index contributed by atoms with van der Waals surface area (Å²) in [6, 6.07) is 2.01. The topological polar surface area (TPSA) is 111 Å². The first kappa shape index (κ1) is 14.6. The summed E-state index contributed by atoms with van der Waals surface area (Å²) in [5, 5.41) is 2.37. The number of aromatic nitrogens is 1. The average Bonchev–Trinajstić information content (AvgIpc) is 2.39. The molecule has 0 unspecified atom stereocenters. The van der Waals surface area contributed by atoms with E-state index in [-0.39, 0.29) is 18.6 Å². The molecule has 1 atom stereocenters. The number of amides is 2. The Kier molecular flexibility index (Phi) is 5.46. The van der Waals surface area contributed by atoms with Gasteiger partial charge in [0.1, 0.15) is 6.04 Å². The molecule has 1 heterocycles. The van der Waals surface area contributed by atoms with Crippen LogP contribution in [0.4, 0.5) is 0 Å². The summed E-state index contributed by atoms with van der Waals surface area (Å²) < 4.78 is 4.70. The minimum Gasteiger partial charge on any atom is -0.466 e. The molecule has 0 saturated heterocycles. The molecule has 19 heavy (non-hydrogen) atoms. The average molecular weight is 265 g/mol. The van der Waals surface area contributed by atoms with Crippen LogP contribution >= 0.6 is 0 Å². The maximum absolute atomic E-state index is 11.8.